The van der Waals surface area contributed by atoms with Crippen LogP contribution in [0.25, 0.3) is 16.8 Å². The number of hydrogen-bond donors (Lipinski definition) is 2. The molecule has 0 aromatic heterocycles. The van der Waals surface area contributed by atoms with Gasteiger partial charge in [-0.25, -0.2) is 0 Å². The maximum atomic E-state index is 10.7. The van der Waals surface area contributed by atoms with Gasteiger partial charge in [0.1, 0.15) is 0 Å². The Bertz CT molecular complexity index is 1040. The molecule has 3 rings (SSSR count). The van der Waals surface area contributed by atoms with Crippen LogP contribution < -0.4 is 10.9 Å². The van der Waals surface area contributed by atoms with Crippen LogP contribution in [0.1, 0.15) is 85.8 Å². The van der Waals surface area contributed by atoms with Crippen LogP contribution in [0, 0.1) is 0 Å². The molecule has 0 spiro atoms. The Morgan fingerprint density at radius 3 is 1.79 bits per heavy atom. The summed E-state index contributed by atoms with van der Waals surface area (Å²) >= 11 is 0. The first-order chi connectivity index (χ1) is 15.1. The molecule has 0 aliphatic heterocycles. The average Bonchev–Trinajstić information content (AvgIpc) is 2.69. The molecule has 0 saturated heterocycles. The van der Waals surface area contributed by atoms with Gasteiger partial charge in [-0.2, -0.15) is 0 Å². The number of rotatable bonds is 8. The van der Waals surface area contributed by atoms with Gasteiger partial charge in [0.05, 0.1) is 22.4 Å². The van der Waals surface area contributed by atoms with E-state index in [0.717, 1.165) is 22.7 Å². The number of aliphatic hydroxyl groups is 2. The lowest BCUT2D eigenvalue weighted by molar-refractivity contribution is -0.0896. The van der Waals surface area contributed by atoms with Crippen LogP contribution in [0.4, 0.5) is 0 Å². The Kier molecular flexibility index (Phi) is 7.01. The Hall–Kier alpha value is -1.59. The largest absolute Gasteiger partial charge is 0.427 e. The van der Waals surface area contributed by atoms with E-state index < -0.39 is 22.4 Å². The molecule has 0 amide bonds. The highest BCUT2D eigenvalue weighted by Gasteiger charge is 2.38. The Balaban J connectivity index is 2.18. The molecule has 1 unspecified atom stereocenters. The van der Waals surface area contributed by atoms with Crippen molar-refractivity contribution in [2.24, 2.45) is 0 Å². The van der Waals surface area contributed by atoms with Crippen molar-refractivity contribution in [3.63, 3.8) is 0 Å². The van der Waals surface area contributed by atoms with Crippen molar-refractivity contribution in [3.05, 3.63) is 41.5 Å². The number of allylic oxidation sites excluding steroid dienone is 1. The highest BCUT2D eigenvalue weighted by molar-refractivity contribution is 6.65. The summed E-state index contributed by atoms with van der Waals surface area (Å²) in [6, 6.07) is 8.45. The van der Waals surface area contributed by atoms with Crippen molar-refractivity contribution >= 4 is 42.7 Å². The molecule has 1 atom stereocenters. The van der Waals surface area contributed by atoms with Gasteiger partial charge in [0.15, 0.2) is 0 Å². The van der Waals surface area contributed by atoms with Gasteiger partial charge in [0.25, 0.3) is 0 Å². The van der Waals surface area contributed by atoms with Gasteiger partial charge < -0.3 is 19.5 Å². The van der Waals surface area contributed by atoms with E-state index >= 15 is 0 Å². The minimum absolute atomic E-state index is 0.347. The predicted octanol–water partition coefficient (Wildman–Crippen LogP) is 3.45. The fraction of sp³-hybridized carbons (Fsp3) is 0.556. The lowest BCUT2D eigenvalue weighted by Gasteiger charge is -2.39. The third-order valence-corrected chi connectivity index (χ3v) is 7.89. The second-order valence-corrected chi connectivity index (χ2v) is 11.6. The molecular formula is C27H40B2O4. The molecule has 2 aromatic carbocycles. The molecule has 1 aliphatic rings. The first-order valence-corrected chi connectivity index (χ1v) is 12.0. The highest BCUT2D eigenvalue weighted by atomic mass is 16.5. The van der Waals surface area contributed by atoms with Crippen LogP contribution in [-0.2, 0) is 9.31 Å². The summed E-state index contributed by atoms with van der Waals surface area (Å²) < 4.78 is 12.8. The fourth-order valence-electron chi connectivity index (χ4n) is 4.05. The first-order valence-electron chi connectivity index (χ1n) is 12.0. The summed E-state index contributed by atoms with van der Waals surface area (Å²) in [5, 5.41) is 23.7. The zero-order valence-corrected chi connectivity index (χ0v) is 21.9. The monoisotopic (exact) mass is 450 g/mol. The van der Waals surface area contributed by atoms with Crippen LogP contribution in [0.3, 0.4) is 0 Å². The molecule has 0 fully saturated rings. The third kappa shape index (κ3) is 5.09. The highest BCUT2D eigenvalue weighted by Crippen LogP contribution is 2.33. The standard InChI is InChI=1S/C27H40B2O4/c1-17-13-12-16-19-18-14-10-11-15-20(18)22(28-32-26(6,7)24(2,3)30)23(21(17)19)29-33-27(8,9)25(4,5)31/h10-12,14-17,28-31H,13H2,1-9H3. The van der Waals surface area contributed by atoms with E-state index in [1.54, 1.807) is 27.7 Å². The Labute approximate surface area is 200 Å². The maximum Gasteiger partial charge on any atom is 0.309 e. The lowest BCUT2D eigenvalue weighted by atomic mass is 9.63. The number of benzene rings is 2. The molecule has 2 N–H and O–H groups in total. The quantitative estimate of drug-likeness (QED) is 0.606. The molecule has 1 aliphatic carbocycles. The Morgan fingerprint density at radius 2 is 1.27 bits per heavy atom. The van der Waals surface area contributed by atoms with Crippen LogP contribution in [0.2, 0.25) is 0 Å². The lowest BCUT2D eigenvalue weighted by Crippen LogP contribution is -2.54. The van der Waals surface area contributed by atoms with E-state index in [9.17, 15) is 10.2 Å². The first kappa shape index (κ1) is 26.0. The smallest absolute Gasteiger partial charge is 0.309 e. The van der Waals surface area contributed by atoms with E-state index in [4.69, 9.17) is 9.31 Å². The van der Waals surface area contributed by atoms with Gasteiger partial charge in [-0.15, -0.1) is 0 Å². The summed E-state index contributed by atoms with van der Waals surface area (Å²) in [4.78, 5) is 0. The summed E-state index contributed by atoms with van der Waals surface area (Å²) in [5.41, 5.74) is 1.31. The van der Waals surface area contributed by atoms with Gasteiger partial charge in [0, 0.05) is 0 Å². The molecule has 0 radical (unpaired) electrons. The van der Waals surface area contributed by atoms with Crippen LogP contribution in [0.5, 0.6) is 0 Å². The number of hydrogen-bond acceptors (Lipinski definition) is 4. The second kappa shape index (κ2) is 8.88. The zero-order valence-electron chi connectivity index (χ0n) is 21.9. The molecule has 2 aromatic rings. The zero-order chi connectivity index (χ0) is 24.8. The number of fused-ring (bicyclic) bond motifs is 3. The molecule has 6 heteroatoms. The van der Waals surface area contributed by atoms with Crippen molar-refractivity contribution < 1.29 is 19.5 Å². The SMILES string of the molecule is CC1CC=Cc2c1c(BOC(C)(C)C(C)(C)O)c(BOC(C)(C)C(C)(C)O)c1ccccc21. The van der Waals surface area contributed by atoms with E-state index in [1.165, 1.54) is 16.5 Å². The summed E-state index contributed by atoms with van der Waals surface area (Å²) in [5.74, 6) is 0.347. The van der Waals surface area contributed by atoms with E-state index in [0.29, 0.717) is 20.9 Å². The van der Waals surface area contributed by atoms with Crippen molar-refractivity contribution in [1.82, 2.24) is 0 Å². The van der Waals surface area contributed by atoms with Gasteiger partial charge >= 0.3 is 15.0 Å². The second-order valence-electron chi connectivity index (χ2n) is 11.6. The van der Waals surface area contributed by atoms with Crippen molar-refractivity contribution in [3.8, 4) is 0 Å². The van der Waals surface area contributed by atoms with Crippen LogP contribution in [0.15, 0.2) is 30.3 Å². The van der Waals surface area contributed by atoms with Gasteiger partial charge in [0.2, 0.25) is 0 Å². The topological polar surface area (TPSA) is 58.9 Å². The normalized spacial score (nSPS) is 17.2. The Morgan fingerprint density at radius 1 is 0.788 bits per heavy atom. The van der Waals surface area contributed by atoms with E-state index in [2.05, 4.69) is 43.3 Å². The van der Waals surface area contributed by atoms with Crippen LogP contribution >= 0.6 is 0 Å². The average molecular weight is 450 g/mol. The van der Waals surface area contributed by atoms with Crippen molar-refractivity contribution in [2.45, 2.75) is 97.1 Å². The minimum Gasteiger partial charge on any atom is -0.427 e. The fourth-order valence-corrected chi connectivity index (χ4v) is 4.05. The maximum absolute atomic E-state index is 10.7. The molecule has 0 saturated carbocycles. The molecule has 33 heavy (non-hydrogen) atoms. The third-order valence-electron chi connectivity index (χ3n) is 7.89. The van der Waals surface area contributed by atoms with Gasteiger partial charge in [-0.1, -0.05) is 48.8 Å². The molecule has 0 bridgehead atoms. The summed E-state index contributed by atoms with van der Waals surface area (Å²) in [6.07, 6.45) is 5.45. The van der Waals surface area contributed by atoms with E-state index in [-0.39, 0.29) is 0 Å². The summed E-state index contributed by atoms with van der Waals surface area (Å²) in [6.45, 7) is 17.1. The van der Waals surface area contributed by atoms with E-state index in [1.807, 2.05) is 27.7 Å². The van der Waals surface area contributed by atoms with Gasteiger partial charge in [-0.05, 0) is 95.1 Å². The molecule has 178 valence electrons. The molecular weight excluding hydrogens is 410 g/mol. The van der Waals surface area contributed by atoms with Crippen molar-refractivity contribution in [2.75, 3.05) is 0 Å². The van der Waals surface area contributed by atoms with Crippen LogP contribution in [-0.4, -0.2) is 47.6 Å². The predicted molar refractivity (Wildman–Crippen MR) is 143 cm³/mol. The minimum atomic E-state index is -0.993. The summed E-state index contributed by atoms with van der Waals surface area (Å²) in [7, 11) is 0.743. The molecule has 4 nitrogen and oxygen atoms in total. The van der Waals surface area contributed by atoms with Gasteiger partial charge in [-0.3, -0.25) is 0 Å². The van der Waals surface area contributed by atoms with Crippen molar-refractivity contribution in [1.29, 1.82) is 0 Å². The molecule has 0 heterocycles.